The summed E-state index contributed by atoms with van der Waals surface area (Å²) < 4.78 is 12.8. The van der Waals surface area contributed by atoms with Gasteiger partial charge in [0.15, 0.2) is 0 Å². The van der Waals surface area contributed by atoms with Crippen LogP contribution in [0.1, 0.15) is 44.1 Å². The SMILES string of the molecule is NC1CC[C@]2(Oc3cc4ccnc(OCc5ccccc5)c4cc3Cl)CC3CC(C2)C1C3. The van der Waals surface area contributed by atoms with Crippen LogP contribution < -0.4 is 15.2 Å². The third kappa shape index (κ3) is 3.64. The number of ether oxygens (including phenoxy) is 2. The second-order valence-electron chi connectivity index (χ2n) is 10.1. The quantitative estimate of drug-likeness (QED) is 0.509. The van der Waals surface area contributed by atoms with Crippen LogP contribution in [-0.2, 0) is 6.61 Å². The lowest BCUT2D eigenvalue weighted by molar-refractivity contribution is -0.000466. The monoisotopic (exact) mass is 448 g/mol. The van der Waals surface area contributed by atoms with Crippen molar-refractivity contribution in [1.29, 1.82) is 0 Å². The molecule has 0 spiro atoms. The molecule has 3 bridgehead atoms. The lowest BCUT2D eigenvalue weighted by Gasteiger charge is -2.40. The summed E-state index contributed by atoms with van der Waals surface area (Å²) >= 11 is 6.77. The maximum atomic E-state index is 6.80. The molecule has 5 heteroatoms. The van der Waals surface area contributed by atoms with Gasteiger partial charge in [-0.05, 0) is 85.4 Å². The minimum atomic E-state index is -0.132. The molecular weight excluding hydrogens is 420 g/mol. The zero-order chi connectivity index (χ0) is 21.7. The Balaban J connectivity index is 1.28. The molecule has 0 aliphatic heterocycles. The first kappa shape index (κ1) is 20.3. The van der Waals surface area contributed by atoms with Gasteiger partial charge in [-0.2, -0.15) is 0 Å². The van der Waals surface area contributed by atoms with Crippen molar-refractivity contribution in [2.45, 2.75) is 56.8 Å². The Morgan fingerprint density at radius 2 is 1.97 bits per heavy atom. The van der Waals surface area contributed by atoms with Crippen molar-refractivity contribution in [2.75, 3.05) is 0 Å². The molecule has 1 aromatic heterocycles. The van der Waals surface area contributed by atoms with E-state index in [0.29, 0.717) is 35.4 Å². The van der Waals surface area contributed by atoms with Gasteiger partial charge >= 0.3 is 0 Å². The number of halogens is 1. The summed E-state index contributed by atoms with van der Waals surface area (Å²) in [5, 5.41) is 2.55. The molecular formula is C27H29ClN2O2. The van der Waals surface area contributed by atoms with E-state index in [0.717, 1.165) is 53.7 Å². The molecule has 0 amide bonds. The maximum Gasteiger partial charge on any atom is 0.221 e. The largest absolute Gasteiger partial charge is 0.486 e. The smallest absolute Gasteiger partial charge is 0.221 e. The van der Waals surface area contributed by atoms with Gasteiger partial charge in [-0.25, -0.2) is 4.98 Å². The highest BCUT2D eigenvalue weighted by molar-refractivity contribution is 6.33. The molecule has 3 aliphatic rings. The van der Waals surface area contributed by atoms with E-state index in [-0.39, 0.29) is 5.60 Å². The standard InChI is InChI=1S/C27H29ClN2O2/c28-23-13-22-19(7-9-30-26(22)31-16-17-4-2-1-3-5-17)12-25(23)32-27-8-6-24(29)21-11-18(14-27)10-20(21)15-27/h1-5,7,9,12-13,18,20-21,24H,6,8,10-11,14-16,29H2/t18?,20?,21?,24?,27-/m0/s1. The number of pyridine rings is 1. The number of fused-ring (bicyclic) bond motifs is 3. The number of rotatable bonds is 5. The van der Waals surface area contributed by atoms with E-state index in [9.17, 15) is 0 Å². The Labute approximate surface area is 194 Å². The predicted octanol–water partition coefficient (Wildman–Crippen LogP) is 6.14. The maximum absolute atomic E-state index is 6.80. The fraction of sp³-hybridized carbons (Fsp3) is 0.444. The molecule has 32 heavy (non-hydrogen) atoms. The number of nitrogens with zero attached hydrogens (tertiary/aromatic N) is 1. The Hall–Kier alpha value is -2.30. The Morgan fingerprint density at radius 3 is 2.84 bits per heavy atom. The van der Waals surface area contributed by atoms with Crippen molar-refractivity contribution < 1.29 is 9.47 Å². The molecule has 1 heterocycles. The van der Waals surface area contributed by atoms with Gasteiger partial charge in [0.1, 0.15) is 18.0 Å². The molecule has 3 saturated carbocycles. The van der Waals surface area contributed by atoms with Crippen LogP contribution in [0.3, 0.4) is 0 Å². The summed E-state index contributed by atoms with van der Waals surface area (Å²) in [6, 6.07) is 16.4. The first-order valence-corrected chi connectivity index (χ1v) is 12.2. The average molecular weight is 449 g/mol. The van der Waals surface area contributed by atoms with Crippen LogP contribution in [0.2, 0.25) is 5.02 Å². The normalized spacial score (nSPS) is 30.9. The number of hydrogen-bond acceptors (Lipinski definition) is 4. The fourth-order valence-corrected chi connectivity index (χ4v) is 6.77. The number of nitrogens with two attached hydrogens (primary N) is 1. The van der Waals surface area contributed by atoms with E-state index >= 15 is 0 Å². The molecule has 166 valence electrons. The van der Waals surface area contributed by atoms with Gasteiger partial charge < -0.3 is 15.2 Å². The van der Waals surface area contributed by atoms with Crippen LogP contribution in [0.5, 0.6) is 11.6 Å². The van der Waals surface area contributed by atoms with E-state index in [2.05, 4.69) is 11.1 Å². The molecule has 4 nitrogen and oxygen atoms in total. The highest BCUT2D eigenvalue weighted by Crippen LogP contribution is 2.56. The van der Waals surface area contributed by atoms with Crippen molar-refractivity contribution in [3.8, 4) is 11.6 Å². The zero-order valence-corrected chi connectivity index (χ0v) is 18.9. The molecule has 3 fully saturated rings. The van der Waals surface area contributed by atoms with E-state index in [4.69, 9.17) is 26.8 Å². The van der Waals surface area contributed by atoms with E-state index < -0.39 is 0 Å². The Kier molecular flexibility index (Phi) is 5.03. The second-order valence-corrected chi connectivity index (χ2v) is 10.5. The number of benzene rings is 2. The highest BCUT2D eigenvalue weighted by Gasteiger charge is 2.53. The first-order valence-electron chi connectivity index (χ1n) is 11.8. The van der Waals surface area contributed by atoms with Crippen molar-refractivity contribution in [2.24, 2.45) is 23.5 Å². The van der Waals surface area contributed by atoms with Crippen LogP contribution in [0.15, 0.2) is 54.7 Å². The molecule has 2 aromatic carbocycles. The fourth-order valence-electron chi connectivity index (χ4n) is 6.57. The van der Waals surface area contributed by atoms with E-state index in [1.807, 2.05) is 42.5 Å². The number of aromatic nitrogens is 1. The molecule has 0 radical (unpaired) electrons. The molecule has 4 unspecified atom stereocenters. The van der Waals surface area contributed by atoms with Crippen molar-refractivity contribution >= 4 is 22.4 Å². The summed E-state index contributed by atoms with van der Waals surface area (Å²) in [6.07, 6.45) is 8.68. The Bertz CT molecular complexity index is 1140. The van der Waals surface area contributed by atoms with Gasteiger partial charge in [0.2, 0.25) is 5.88 Å². The van der Waals surface area contributed by atoms with Gasteiger partial charge in [0.25, 0.3) is 0 Å². The van der Waals surface area contributed by atoms with Crippen LogP contribution in [0.25, 0.3) is 10.8 Å². The summed E-state index contributed by atoms with van der Waals surface area (Å²) in [5.41, 5.74) is 7.52. The topological polar surface area (TPSA) is 57.4 Å². The predicted molar refractivity (Wildman–Crippen MR) is 127 cm³/mol. The average Bonchev–Trinajstić information content (AvgIpc) is 3.07. The zero-order valence-electron chi connectivity index (χ0n) is 18.2. The molecule has 3 aliphatic carbocycles. The third-order valence-corrected chi connectivity index (χ3v) is 8.25. The van der Waals surface area contributed by atoms with Gasteiger partial charge in [-0.1, -0.05) is 41.9 Å². The van der Waals surface area contributed by atoms with Crippen molar-refractivity contribution in [3.05, 3.63) is 65.3 Å². The summed E-state index contributed by atoms with van der Waals surface area (Å²) in [5.74, 6) is 3.49. The third-order valence-electron chi connectivity index (χ3n) is 7.95. The van der Waals surface area contributed by atoms with Gasteiger partial charge in [-0.15, -0.1) is 0 Å². The highest BCUT2D eigenvalue weighted by atomic mass is 35.5. The van der Waals surface area contributed by atoms with Crippen LogP contribution in [-0.4, -0.2) is 16.6 Å². The van der Waals surface area contributed by atoms with Gasteiger partial charge in [0, 0.05) is 17.6 Å². The number of hydrogen-bond donors (Lipinski definition) is 1. The minimum Gasteiger partial charge on any atom is -0.486 e. The molecule has 0 saturated heterocycles. The first-order chi connectivity index (χ1) is 15.6. The Morgan fingerprint density at radius 1 is 1.09 bits per heavy atom. The molecule has 2 N–H and O–H groups in total. The lowest BCUT2D eigenvalue weighted by Crippen LogP contribution is -2.41. The second kappa shape index (κ2) is 7.93. The van der Waals surface area contributed by atoms with Gasteiger partial charge in [0.05, 0.1) is 5.02 Å². The molecule has 5 atom stereocenters. The van der Waals surface area contributed by atoms with Crippen LogP contribution >= 0.6 is 11.6 Å². The summed E-state index contributed by atoms with van der Waals surface area (Å²) in [6.45, 7) is 0.468. The minimum absolute atomic E-state index is 0.132. The van der Waals surface area contributed by atoms with E-state index in [1.165, 1.54) is 12.8 Å². The van der Waals surface area contributed by atoms with Gasteiger partial charge in [-0.3, -0.25) is 0 Å². The summed E-state index contributed by atoms with van der Waals surface area (Å²) in [7, 11) is 0. The summed E-state index contributed by atoms with van der Waals surface area (Å²) in [4.78, 5) is 4.46. The van der Waals surface area contributed by atoms with Crippen molar-refractivity contribution in [3.63, 3.8) is 0 Å². The molecule has 6 rings (SSSR count). The molecule has 3 aromatic rings. The van der Waals surface area contributed by atoms with E-state index in [1.54, 1.807) is 6.20 Å². The van der Waals surface area contributed by atoms with Crippen LogP contribution in [0, 0.1) is 17.8 Å². The van der Waals surface area contributed by atoms with Crippen LogP contribution in [0.4, 0.5) is 0 Å². The van der Waals surface area contributed by atoms with Crippen molar-refractivity contribution in [1.82, 2.24) is 4.98 Å². The lowest BCUT2D eigenvalue weighted by atomic mass is 9.76.